The highest BCUT2D eigenvalue weighted by molar-refractivity contribution is 8.00. The maximum Gasteiger partial charge on any atom is 0.314 e. The Hall–Kier alpha value is -0.960. The van der Waals surface area contributed by atoms with Gasteiger partial charge in [-0.15, -0.1) is 11.8 Å². The summed E-state index contributed by atoms with van der Waals surface area (Å²) in [5.74, 6) is -0.636. The molecule has 0 spiro atoms. The molecule has 0 aromatic heterocycles. The fourth-order valence-corrected chi connectivity index (χ4v) is 4.67. The number of thioether (sulfide) groups is 1. The van der Waals surface area contributed by atoms with E-state index in [1.807, 2.05) is 11.8 Å². The largest absolute Gasteiger partial charge is 0.481 e. The van der Waals surface area contributed by atoms with Crippen molar-refractivity contribution >= 4 is 17.7 Å². The molecule has 1 aliphatic heterocycles. The van der Waals surface area contributed by atoms with E-state index in [4.69, 9.17) is 0 Å². The molecular formula is C16H20O2S. The number of carboxylic acids is 1. The fraction of sp³-hybridized carbons (Fsp3) is 0.562. The first-order valence-electron chi connectivity index (χ1n) is 7.15. The Kier molecular flexibility index (Phi) is 3.34. The van der Waals surface area contributed by atoms with Crippen LogP contribution in [0.15, 0.2) is 23.1 Å². The molecule has 2 nitrogen and oxygen atoms in total. The molecule has 1 aromatic rings. The Morgan fingerprint density at radius 3 is 2.74 bits per heavy atom. The summed E-state index contributed by atoms with van der Waals surface area (Å²) in [5, 5.41) is 10.4. The van der Waals surface area contributed by atoms with Gasteiger partial charge in [-0.25, -0.2) is 0 Å². The lowest BCUT2D eigenvalue weighted by molar-refractivity contribution is -0.145. The molecule has 19 heavy (non-hydrogen) atoms. The highest BCUT2D eigenvalue weighted by Crippen LogP contribution is 2.44. The van der Waals surface area contributed by atoms with E-state index < -0.39 is 11.4 Å². The third kappa shape index (κ3) is 2.18. The summed E-state index contributed by atoms with van der Waals surface area (Å²) in [5.41, 5.74) is 1.79. The molecule has 1 saturated carbocycles. The maximum atomic E-state index is 11.8. The van der Waals surface area contributed by atoms with Gasteiger partial charge in [0.25, 0.3) is 0 Å². The van der Waals surface area contributed by atoms with E-state index in [1.165, 1.54) is 16.9 Å². The summed E-state index contributed by atoms with van der Waals surface area (Å²) in [4.78, 5) is 13.1. The van der Waals surface area contributed by atoms with Crippen molar-refractivity contribution in [3.8, 4) is 0 Å². The van der Waals surface area contributed by atoms with Crippen LogP contribution in [-0.4, -0.2) is 16.3 Å². The topological polar surface area (TPSA) is 37.3 Å². The second-order valence-corrected chi connectivity index (χ2v) is 7.38. The number of benzene rings is 1. The Labute approximate surface area is 118 Å². The van der Waals surface area contributed by atoms with E-state index in [0.29, 0.717) is 5.25 Å². The second kappa shape index (κ2) is 4.86. The first-order valence-corrected chi connectivity index (χ1v) is 8.03. The number of hydrogen-bond acceptors (Lipinski definition) is 2. The van der Waals surface area contributed by atoms with Gasteiger partial charge in [0, 0.05) is 10.1 Å². The van der Waals surface area contributed by atoms with Gasteiger partial charge >= 0.3 is 5.97 Å². The Balaban J connectivity index is 2.00. The highest BCUT2D eigenvalue weighted by Gasteiger charge is 2.41. The summed E-state index contributed by atoms with van der Waals surface area (Å²) in [6.07, 6.45) is 5.94. The predicted octanol–water partition coefficient (Wildman–Crippen LogP) is 4.01. The first-order chi connectivity index (χ1) is 9.12. The minimum atomic E-state index is -0.636. The first kappa shape index (κ1) is 13.0. The molecule has 0 bridgehead atoms. The van der Waals surface area contributed by atoms with E-state index in [0.717, 1.165) is 37.7 Å². The summed E-state index contributed by atoms with van der Waals surface area (Å²) in [6.45, 7) is 2.23. The maximum absolute atomic E-state index is 11.8. The number of fused-ring (bicyclic) bond motifs is 1. The van der Waals surface area contributed by atoms with Crippen LogP contribution in [0.3, 0.4) is 0 Å². The third-order valence-corrected chi connectivity index (χ3v) is 5.77. The van der Waals surface area contributed by atoms with Gasteiger partial charge < -0.3 is 5.11 Å². The summed E-state index contributed by atoms with van der Waals surface area (Å²) >= 11 is 1.89. The lowest BCUT2D eigenvalue weighted by Crippen LogP contribution is -2.37. The van der Waals surface area contributed by atoms with Crippen LogP contribution in [0.1, 0.15) is 50.2 Å². The smallest absolute Gasteiger partial charge is 0.314 e. The molecule has 3 heteroatoms. The van der Waals surface area contributed by atoms with Crippen molar-refractivity contribution in [1.29, 1.82) is 0 Å². The van der Waals surface area contributed by atoms with E-state index in [-0.39, 0.29) is 0 Å². The highest BCUT2D eigenvalue weighted by atomic mass is 32.2. The molecule has 1 aliphatic carbocycles. The molecule has 1 heterocycles. The van der Waals surface area contributed by atoms with Gasteiger partial charge in [0.1, 0.15) is 0 Å². The number of rotatable bonds is 2. The van der Waals surface area contributed by atoms with Crippen LogP contribution in [0.5, 0.6) is 0 Å². The molecule has 0 saturated heterocycles. The lowest BCUT2D eigenvalue weighted by Gasteiger charge is -2.34. The van der Waals surface area contributed by atoms with Crippen molar-refractivity contribution in [3.63, 3.8) is 0 Å². The van der Waals surface area contributed by atoms with Crippen LogP contribution in [0.25, 0.3) is 0 Å². The normalized spacial score (nSPS) is 25.0. The molecule has 1 unspecified atom stereocenters. The van der Waals surface area contributed by atoms with Crippen LogP contribution in [-0.2, 0) is 16.6 Å². The molecule has 1 N–H and O–H groups in total. The Morgan fingerprint density at radius 1 is 1.32 bits per heavy atom. The van der Waals surface area contributed by atoms with Crippen molar-refractivity contribution in [2.45, 2.75) is 61.0 Å². The molecule has 2 aliphatic rings. The number of carboxylic acid groups (broad SMARTS) is 1. The van der Waals surface area contributed by atoms with Gasteiger partial charge in [0.15, 0.2) is 0 Å². The molecule has 1 atom stereocenters. The average molecular weight is 276 g/mol. The molecule has 1 aromatic carbocycles. The summed E-state index contributed by atoms with van der Waals surface area (Å²) < 4.78 is 0. The van der Waals surface area contributed by atoms with Gasteiger partial charge in [0.2, 0.25) is 0 Å². The summed E-state index contributed by atoms with van der Waals surface area (Å²) in [6, 6.07) is 6.38. The standard InChI is InChI=1S/C16H20O2S/c1-11-9-12-5-6-13(10-14(12)19-11)16(15(17)18)7-3-2-4-8-16/h5-6,10-11H,2-4,7-9H2,1H3,(H,17,18). The molecular weight excluding hydrogens is 256 g/mol. The minimum Gasteiger partial charge on any atom is -0.481 e. The van der Waals surface area contributed by atoms with Gasteiger partial charge in [-0.05, 0) is 36.5 Å². The van der Waals surface area contributed by atoms with Gasteiger partial charge in [-0.2, -0.15) is 0 Å². The lowest BCUT2D eigenvalue weighted by atomic mass is 9.69. The fourth-order valence-electron chi connectivity index (χ4n) is 3.48. The third-order valence-electron chi connectivity index (χ3n) is 4.57. The van der Waals surface area contributed by atoms with Crippen molar-refractivity contribution in [2.75, 3.05) is 0 Å². The quantitative estimate of drug-likeness (QED) is 0.886. The van der Waals surface area contributed by atoms with Crippen LogP contribution in [0.2, 0.25) is 0 Å². The zero-order chi connectivity index (χ0) is 13.5. The van der Waals surface area contributed by atoms with Gasteiger partial charge in [0.05, 0.1) is 5.41 Å². The van der Waals surface area contributed by atoms with Crippen molar-refractivity contribution in [1.82, 2.24) is 0 Å². The van der Waals surface area contributed by atoms with Crippen molar-refractivity contribution in [2.24, 2.45) is 0 Å². The SMILES string of the molecule is CC1Cc2ccc(C3(C(=O)O)CCCCC3)cc2S1. The zero-order valence-corrected chi connectivity index (χ0v) is 12.1. The number of hydrogen-bond donors (Lipinski definition) is 1. The van der Waals surface area contributed by atoms with Crippen molar-refractivity contribution in [3.05, 3.63) is 29.3 Å². The number of carbonyl (C=O) groups is 1. The van der Waals surface area contributed by atoms with E-state index in [9.17, 15) is 9.90 Å². The van der Waals surface area contributed by atoms with Crippen LogP contribution >= 0.6 is 11.8 Å². The average Bonchev–Trinajstić information content (AvgIpc) is 2.78. The second-order valence-electron chi connectivity index (χ2n) is 5.90. The van der Waals surface area contributed by atoms with Crippen molar-refractivity contribution < 1.29 is 9.90 Å². The predicted molar refractivity (Wildman–Crippen MR) is 77.9 cm³/mol. The van der Waals surface area contributed by atoms with Crippen LogP contribution in [0.4, 0.5) is 0 Å². The molecule has 0 amide bonds. The van der Waals surface area contributed by atoms with Crippen LogP contribution < -0.4 is 0 Å². The Morgan fingerprint density at radius 2 is 2.05 bits per heavy atom. The van der Waals surface area contributed by atoms with Gasteiger partial charge in [-0.1, -0.05) is 38.3 Å². The van der Waals surface area contributed by atoms with Gasteiger partial charge in [-0.3, -0.25) is 4.79 Å². The van der Waals surface area contributed by atoms with Crippen LogP contribution in [0, 0.1) is 0 Å². The molecule has 0 radical (unpaired) electrons. The van der Waals surface area contributed by atoms with E-state index in [2.05, 4.69) is 25.1 Å². The Bertz CT molecular complexity index is 503. The molecule has 1 fully saturated rings. The zero-order valence-electron chi connectivity index (χ0n) is 11.3. The van der Waals surface area contributed by atoms with E-state index >= 15 is 0 Å². The van der Waals surface area contributed by atoms with E-state index in [1.54, 1.807) is 0 Å². The molecule has 102 valence electrons. The number of aliphatic carboxylic acids is 1. The molecule has 3 rings (SSSR count). The monoisotopic (exact) mass is 276 g/mol. The summed E-state index contributed by atoms with van der Waals surface area (Å²) in [7, 11) is 0. The minimum absolute atomic E-state index is 0.623.